The predicted molar refractivity (Wildman–Crippen MR) is 68.0 cm³/mol. The van der Waals surface area contributed by atoms with Crippen LogP contribution in [0, 0.1) is 11.3 Å². The van der Waals surface area contributed by atoms with Crippen LogP contribution in [0.4, 0.5) is 0 Å². The average Bonchev–Trinajstić information content (AvgIpc) is 2.14. The monoisotopic (exact) mass is 209 g/mol. The van der Waals surface area contributed by atoms with Crippen LogP contribution in [0.2, 0.25) is 0 Å². The van der Waals surface area contributed by atoms with E-state index in [1.165, 1.54) is 31.3 Å². The van der Waals surface area contributed by atoms with Gasteiger partial charge in [0.2, 0.25) is 0 Å². The third-order valence-corrected chi connectivity index (χ3v) is 3.74. The molecule has 1 aliphatic carbocycles. The second-order valence-corrected chi connectivity index (χ2v) is 6.06. The Bertz CT molecular complexity index is 213. The van der Waals surface area contributed by atoms with E-state index in [1.54, 1.807) is 0 Å². The molecule has 0 radical (unpaired) electrons. The molecule has 0 heterocycles. The van der Waals surface area contributed by atoms with Gasteiger partial charge in [0.05, 0.1) is 0 Å². The molecule has 1 saturated carbocycles. The Kier molecular flexibility index (Phi) is 4.39. The molecule has 1 N–H and O–H groups in total. The molecule has 0 saturated heterocycles. The van der Waals surface area contributed by atoms with Crippen molar-refractivity contribution in [3.63, 3.8) is 0 Å². The van der Waals surface area contributed by atoms with Gasteiger partial charge in [-0.3, -0.25) is 0 Å². The summed E-state index contributed by atoms with van der Waals surface area (Å²) in [6.45, 7) is 9.19. The summed E-state index contributed by atoms with van der Waals surface area (Å²) in [5, 5.41) is 3.45. The fourth-order valence-electron chi connectivity index (χ4n) is 2.59. The van der Waals surface area contributed by atoms with Crippen LogP contribution in [0.3, 0.4) is 0 Å². The van der Waals surface area contributed by atoms with Crippen molar-refractivity contribution in [2.45, 2.75) is 59.4 Å². The normalized spacial score (nSPS) is 23.5. The molecule has 1 heteroatoms. The van der Waals surface area contributed by atoms with Crippen molar-refractivity contribution in [1.29, 1.82) is 0 Å². The fourth-order valence-corrected chi connectivity index (χ4v) is 2.59. The quantitative estimate of drug-likeness (QED) is 0.698. The third-order valence-electron chi connectivity index (χ3n) is 3.74. The van der Waals surface area contributed by atoms with Crippen LogP contribution >= 0.6 is 0 Å². The van der Waals surface area contributed by atoms with E-state index in [1.807, 2.05) is 0 Å². The van der Waals surface area contributed by atoms with Gasteiger partial charge >= 0.3 is 0 Å². The summed E-state index contributed by atoms with van der Waals surface area (Å²) in [7, 11) is 2.09. The zero-order valence-electron chi connectivity index (χ0n) is 11.1. The Labute approximate surface area is 95.3 Å². The van der Waals surface area contributed by atoms with Crippen molar-refractivity contribution in [2.75, 3.05) is 7.05 Å². The molecule has 1 unspecified atom stereocenters. The van der Waals surface area contributed by atoms with E-state index in [0.29, 0.717) is 11.5 Å². The van der Waals surface area contributed by atoms with Gasteiger partial charge in [-0.15, -0.1) is 0 Å². The third kappa shape index (κ3) is 3.98. The van der Waals surface area contributed by atoms with Crippen molar-refractivity contribution < 1.29 is 0 Å². The number of allylic oxidation sites excluding steroid dienone is 1. The molecule has 0 aliphatic heterocycles. The zero-order valence-corrected chi connectivity index (χ0v) is 11.1. The van der Waals surface area contributed by atoms with Gasteiger partial charge in [0.15, 0.2) is 0 Å². The second kappa shape index (κ2) is 5.16. The molecule has 1 aliphatic rings. The lowest BCUT2D eigenvalue weighted by Crippen LogP contribution is -2.36. The molecule has 15 heavy (non-hydrogen) atoms. The van der Waals surface area contributed by atoms with Gasteiger partial charge in [-0.05, 0) is 57.9 Å². The van der Waals surface area contributed by atoms with E-state index >= 15 is 0 Å². The Balaban J connectivity index is 2.54. The van der Waals surface area contributed by atoms with E-state index in [-0.39, 0.29) is 0 Å². The molecule has 88 valence electrons. The molecule has 0 aromatic heterocycles. The van der Waals surface area contributed by atoms with Crippen LogP contribution in [0.1, 0.15) is 53.4 Å². The maximum atomic E-state index is 3.45. The first-order valence-electron chi connectivity index (χ1n) is 6.27. The first kappa shape index (κ1) is 12.8. The lowest BCUT2D eigenvalue weighted by Gasteiger charge is -2.37. The minimum absolute atomic E-state index is 0.583. The molecule has 0 bridgehead atoms. The predicted octanol–water partition coefficient (Wildman–Crippen LogP) is 3.76. The first-order chi connectivity index (χ1) is 6.94. The lowest BCUT2D eigenvalue weighted by atomic mass is 9.71. The van der Waals surface area contributed by atoms with Gasteiger partial charge in [0, 0.05) is 6.04 Å². The minimum Gasteiger partial charge on any atom is -0.313 e. The van der Waals surface area contributed by atoms with Gasteiger partial charge in [0.25, 0.3) is 0 Å². The SMILES string of the molecule is CNC(C=C(C)C)C1CCC(C)(C)CC1. The zero-order chi connectivity index (χ0) is 11.5. The highest BCUT2D eigenvalue weighted by Gasteiger charge is 2.29. The Hall–Kier alpha value is -0.300. The molecule has 0 aromatic rings. The highest BCUT2D eigenvalue weighted by molar-refractivity contribution is 5.03. The van der Waals surface area contributed by atoms with Crippen LogP contribution in [-0.4, -0.2) is 13.1 Å². The summed E-state index contributed by atoms with van der Waals surface area (Å²) >= 11 is 0. The molecule has 0 spiro atoms. The minimum atomic E-state index is 0.583. The molecule has 1 rings (SSSR count). The van der Waals surface area contributed by atoms with Crippen molar-refractivity contribution in [2.24, 2.45) is 11.3 Å². The van der Waals surface area contributed by atoms with E-state index in [0.717, 1.165) is 5.92 Å². The number of nitrogens with one attached hydrogen (secondary N) is 1. The summed E-state index contributed by atoms with van der Waals surface area (Å²) in [6, 6.07) is 0.589. The number of likely N-dealkylation sites (N-methyl/N-ethyl adjacent to an activating group) is 1. The van der Waals surface area contributed by atoms with E-state index < -0.39 is 0 Å². The van der Waals surface area contributed by atoms with Crippen LogP contribution in [-0.2, 0) is 0 Å². The van der Waals surface area contributed by atoms with Gasteiger partial charge in [-0.1, -0.05) is 25.5 Å². The van der Waals surface area contributed by atoms with Gasteiger partial charge < -0.3 is 5.32 Å². The largest absolute Gasteiger partial charge is 0.313 e. The van der Waals surface area contributed by atoms with Crippen molar-refractivity contribution >= 4 is 0 Å². The van der Waals surface area contributed by atoms with Crippen molar-refractivity contribution in [3.8, 4) is 0 Å². The molecular weight excluding hydrogens is 182 g/mol. The summed E-state index contributed by atoms with van der Waals surface area (Å²) in [5.41, 5.74) is 2.01. The first-order valence-corrected chi connectivity index (χ1v) is 6.27. The summed E-state index contributed by atoms with van der Waals surface area (Å²) in [6.07, 6.45) is 7.91. The molecule has 1 atom stereocenters. The lowest BCUT2D eigenvalue weighted by molar-refractivity contribution is 0.175. The molecule has 1 fully saturated rings. The summed E-state index contributed by atoms with van der Waals surface area (Å²) in [5.74, 6) is 0.845. The maximum Gasteiger partial charge on any atom is 0.0277 e. The van der Waals surface area contributed by atoms with Gasteiger partial charge in [-0.2, -0.15) is 0 Å². The van der Waals surface area contributed by atoms with Gasteiger partial charge in [-0.25, -0.2) is 0 Å². The van der Waals surface area contributed by atoms with Crippen molar-refractivity contribution in [1.82, 2.24) is 5.32 Å². The Morgan fingerprint density at radius 1 is 1.27 bits per heavy atom. The van der Waals surface area contributed by atoms with E-state index in [2.05, 4.69) is 46.1 Å². The van der Waals surface area contributed by atoms with Crippen LogP contribution in [0.15, 0.2) is 11.6 Å². The number of hydrogen-bond donors (Lipinski definition) is 1. The van der Waals surface area contributed by atoms with Crippen LogP contribution in [0.5, 0.6) is 0 Å². The highest BCUT2D eigenvalue weighted by Crippen LogP contribution is 2.39. The van der Waals surface area contributed by atoms with E-state index in [9.17, 15) is 0 Å². The van der Waals surface area contributed by atoms with Crippen LogP contribution < -0.4 is 5.32 Å². The molecule has 0 amide bonds. The molecule has 0 aromatic carbocycles. The molecular formula is C14H27N. The summed E-state index contributed by atoms with van der Waals surface area (Å²) in [4.78, 5) is 0. The second-order valence-electron chi connectivity index (χ2n) is 6.06. The standard InChI is InChI=1S/C14H27N/c1-11(2)10-13(15-5)12-6-8-14(3,4)9-7-12/h10,12-13,15H,6-9H2,1-5H3. The Morgan fingerprint density at radius 2 is 1.80 bits per heavy atom. The Morgan fingerprint density at radius 3 is 2.20 bits per heavy atom. The van der Waals surface area contributed by atoms with Crippen LogP contribution in [0.25, 0.3) is 0 Å². The van der Waals surface area contributed by atoms with Crippen molar-refractivity contribution in [3.05, 3.63) is 11.6 Å². The topological polar surface area (TPSA) is 12.0 Å². The maximum absolute atomic E-state index is 3.45. The fraction of sp³-hybridized carbons (Fsp3) is 0.857. The number of rotatable bonds is 3. The smallest absolute Gasteiger partial charge is 0.0277 e. The van der Waals surface area contributed by atoms with Gasteiger partial charge in [0.1, 0.15) is 0 Å². The molecule has 1 nitrogen and oxygen atoms in total. The van der Waals surface area contributed by atoms with E-state index in [4.69, 9.17) is 0 Å². The summed E-state index contributed by atoms with van der Waals surface area (Å²) < 4.78 is 0. The number of hydrogen-bond acceptors (Lipinski definition) is 1. The average molecular weight is 209 g/mol. The highest BCUT2D eigenvalue weighted by atomic mass is 14.9.